The Balaban J connectivity index is 2.17. The zero-order valence-corrected chi connectivity index (χ0v) is 8.74. The van der Waals surface area contributed by atoms with Crippen LogP contribution in [0.25, 0.3) is 0 Å². The molecule has 4 heteroatoms. The minimum atomic E-state index is -0.334. The summed E-state index contributed by atoms with van der Waals surface area (Å²) in [6.07, 6.45) is 7.86. The molecule has 0 N–H and O–H groups in total. The largest absolute Gasteiger partial charge is 0.369 e. The minimum absolute atomic E-state index is 0.186. The fourth-order valence-corrected chi connectivity index (χ4v) is 1.67. The molecule has 1 heterocycles. The summed E-state index contributed by atoms with van der Waals surface area (Å²) >= 11 is 0. The fraction of sp³-hybridized carbons (Fsp3) is 0.167. The van der Waals surface area contributed by atoms with E-state index in [1.54, 1.807) is 18.2 Å². The van der Waals surface area contributed by atoms with Crippen molar-refractivity contribution in [2.45, 2.75) is 6.54 Å². The normalized spacial score (nSPS) is 14.1. The van der Waals surface area contributed by atoms with Crippen LogP contribution in [0.2, 0.25) is 0 Å². The average Bonchev–Trinajstić information content (AvgIpc) is 2.31. The topological polar surface area (TPSA) is 46.4 Å². The Labute approximate surface area is 93.6 Å². The lowest BCUT2D eigenvalue weighted by Gasteiger charge is -2.20. The summed E-state index contributed by atoms with van der Waals surface area (Å²) in [5.41, 5.74) is 0.929. The number of benzene rings is 1. The van der Waals surface area contributed by atoms with Crippen molar-refractivity contribution in [3.05, 3.63) is 64.4 Å². The van der Waals surface area contributed by atoms with Crippen molar-refractivity contribution in [1.82, 2.24) is 4.90 Å². The fourth-order valence-electron chi connectivity index (χ4n) is 1.67. The maximum Gasteiger partial charge on any atom is 0.274 e. The summed E-state index contributed by atoms with van der Waals surface area (Å²) in [4.78, 5) is 12.5. The first-order chi connectivity index (χ1) is 7.77. The molecule has 0 unspecified atom stereocenters. The summed E-state index contributed by atoms with van der Waals surface area (Å²) in [5, 5.41) is 10.8. The van der Waals surface area contributed by atoms with Gasteiger partial charge in [0.15, 0.2) is 0 Å². The minimum Gasteiger partial charge on any atom is -0.369 e. The second-order valence-corrected chi connectivity index (χ2v) is 3.58. The molecule has 82 valence electrons. The van der Waals surface area contributed by atoms with Gasteiger partial charge in [-0.15, -0.1) is 0 Å². The zero-order chi connectivity index (χ0) is 11.4. The van der Waals surface area contributed by atoms with Gasteiger partial charge >= 0.3 is 0 Å². The van der Waals surface area contributed by atoms with Crippen molar-refractivity contribution in [1.29, 1.82) is 0 Å². The highest BCUT2D eigenvalue weighted by Crippen LogP contribution is 2.20. The first kappa shape index (κ1) is 10.4. The van der Waals surface area contributed by atoms with Crippen LogP contribution < -0.4 is 0 Å². The van der Waals surface area contributed by atoms with Gasteiger partial charge in [0.1, 0.15) is 0 Å². The van der Waals surface area contributed by atoms with Crippen LogP contribution in [-0.4, -0.2) is 16.4 Å². The van der Waals surface area contributed by atoms with Crippen LogP contribution in [0.4, 0.5) is 5.69 Å². The highest BCUT2D eigenvalue weighted by atomic mass is 16.6. The van der Waals surface area contributed by atoms with Gasteiger partial charge in [-0.25, -0.2) is 0 Å². The molecule has 0 aliphatic carbocycles. The Morgan fingerprint density at radius 2 is 2.12 bits per heavy atom. The maximum atomic E-state index is 10.8. The van der Waals surface area contributed by atoms with E-state index in [1.165, 1.54) is 0 Å². The molecule has 0 saturated heterocycles. The number of allylic oxidation sites excluding steroid dienone is 2. The molecule has 0 radical (unpaired) electrons. The lowest BCUT2D eigenvalue weighted by atomic mass is 10.1. The second-order valence-electron chi connectivity index (χ2n) is 3.58. The van der Waals surface area contributed by atoms with E-state index in [0.717, 1.165) is 12.1 Å². The van der Waals surface area contributed by atoms with E-state index < -0.39 is 0 Å². The van der Waals surface area contributed by atoms with Crippen LogP contribution in [0.5, 0.6) is 0 Å². The summed E-state index contributed by atoms with van der Waals surface area (Å²) in [6, 6.07) is 6.85. The van der Waals surface area contributed by atoms with Gasteiger partial charge in [0.05, 0.1) is 4.92 Å². The van der Waals surface area contributed by atoms with E-state index >= 15 is 0 Å². The Morgan fingerprint density at radius 1 is 1.31 bits per heavy atom. The Morgan fingerprint density at radius 3 is 2.81 bits per heavy atom. The first-order valence-electron chi connectivity index (χ1n) is 5.07. The molecule has 0 amide bonds. The van der Waals surface area contributed by atoms with Gasteiger partial charge < -0.3 is 4.90 Å². The van der Waals surface area contributed by atoms with Gasteiger partial charge in [0.25, 0.3) is 5.69 Å². The van der Waals surface area contributed by atoms with Crippen molar-refractivity contribution >= 4 is 5.69 Å². The quantitative estimate of drug-likeness (QED) is 0.576. The number of nitrogens with zero attached hydrogens (tertiary/aromatic N) is 2. The smallest absolute Gasteiger partial charge is 0.274 e. The van der Waals surface area contributed by atoms with Gasteiger partial charge in [-0.1, -0.05) is 30.4 Å². The first-order valence-corrected chi connectivity index (χ1v) is 5.07. The average molecular weight is 216 g/mol. The molecular formula is C12H12N2O2. The molecule has 1 aromatic carbocycles. The molecule has 0 bridgehead atoms. The standard InChI is InChI=1S/C12H12N2O2/c15-14(16)12-7-3-2-6-11(12)10-13-8-4-1-5-9-13/h1-8H,9-10H2. The number of para-hydroxylation sites is 1. The van der Waals surface area contributed by atoms with E-state index in [0.29, 0.717) is 6.54 Å². The van der Waals surface area contributed by atoms with E-state index in [1.807, 2.05) is 35.4 Å². The predicted octanol–water partition coefficient (Wildman–Crippen LogP) is 2.48. The molecule has 4 nitrogen and oxygen atoms in total. The third-order valence-corrected chi connectivity index (χ3v) is 2.45. The lowest BCUT2D eigenvalue weighted by Crippen LogP contribution is -2.18. The van der Waals surface area contributed by atoms with Crippen molar-refractivity contribution in [2.24, 2.45) is 0 Å². The number of hydrogen-bond donors (Lipinski definition) is 0. The monoisotopic (exact) mass is 216 g/mol. The number of rotatable bonds is 3. The highest BCUT2D eigenvalue weighted by Gasteiger charge is 2.13. The predicted molar refractivity (Wildman–Crippen MR) is 61.8 cm³/mol. The maximum absolute atomic E-state index is 10.8. The van der Waals surface area contributed by atoms with Crippen molar-refractivity contribution in [3.63, 3.8) is 0 Å². The molecule has 0 fully saturated rings. The SMILES string of the molecule is O=[N+]([O-])c1ccccc1CN1C=CC=CC1. The van der Waals surface area contributed by atoms with Crippen LogP contribution in [0.1, 0.15) is 5.56 Å². The summed E-state index contributed by atoms with van der Waals surface area (Å²) < 4.78 is 0. The third-order valence-electron chi connectivity index (χ3n) is 2.45. The van der Waals surface area contributed by atoms with Gasteiger partial charge in [-0.05, 0) is 12.3 Å². The van der Waals surface area contributed by atoms with E-state index in [9.17, 15) is 10.1 Å². The number of hydrogen-bond acceptors (Lipinski definition) is 3. The summed E-state index contributed by atoms with van der Waals surface area (Å²) in [6.45, 7) is 1.36. The van der Waals surface area contributed by atoms with Gasteiger partial charge in [0.2, 0.25) is 0 Å². The highest BCUT2D eigenvalue weighted by molar-refractivity contribution is 5.39. The molecule has 0 atom stereocenters. The van der Waals surface area contributed by atoms with Crippen LogP contribution in [-0.2, 0) is 6.54 Å². The molecule has 0 aromatic heterocycles. The molecule has 0 spiro atoms. The van der Waals surface area contributed by atoms with Crippen molar-refractivity contribution in [2.75, 3.05) is 6.54 Å². The van der Waals surface area contributed by atoms with Crippen molar-refractivity contribution in [3.8, 4) is 0 Å². The second kappa shape index (κ2) is 4.61. The van der Waals surface area contributed by atoms with Crippen LogP contribution in [0.3, 0.4) is 0 Å². The zero-order valence-electron chi connectivity index (χ0n) is 8.74. The number of nitro benzene ring substituents is 1. The van der Waals surface area contributed by atoms with Crippen LogP contribution in [0.15, 0.2) is 48.7 Å². The molecule has 16 heavy (non-hydrogen) atoms. The van der Waals surface area contributed by atoms with Gasteiger partial charge in [-0.2, -0.15) is 0 Å². The van der Waals surface area contributed by atoms with E-state index in [2.05, 4.69) is 0 Å². The molecule has 2 rings (SSSR count). The van der Waals surface area contributed by atoms with Gasteiger partial charge in [-0.3, -0.25) is 10.1 Å². The number of nitro groups is 1. The van der Waals surface area contributed by atoms with E-state index in [-0.39, 0.29) is 10.6 Å². The van der Waals surface area contributed by atoms with E-state index in [4.69, 9.17) is 0 Å². The Bertz CT molecular complexity index is 452. The Hall–Kier alpha value is -2.10. The molecular weight excluding hydrogens is 204 g/mol. The molecule has 0 saturated carbocycles. The van der Waals surface area contributed by atoms with Crippen molar-refractivity contribution < 1.29 is 4.92 Å². The third kappa shape index (κ3) is 2.28. The van der Waals surface area contributed by atoms with Crippen LogP contribution >= 0.6 is 0 Å². The molecule has 1 aliphatic rings. The van der Waals surface area contributed by atoms with Crippen LogP contribution in [0, 0.1) is 10.1 Å². The lowest BCUT2D eigenvalue weighted by molar-refractivity contribution is -0.385. The molecule has 1 aromatic rings. The van der Waals surface area contributed by atoms with Gasteiger partial charge in [0, 0.05) is 24.7 Å². The summed E-state index contributed by atoms with van der Waals surface area (Å²) in [5.74, 6) is 0. The molecule has 1 aliphatic heterocycles. The summed E-state index contributed by atoms with van der Waals surface area (Å²) in [7, 11) is 0. The Kier molecular flexibility index (Phi) is 3.00.